The third-order valence-corrected chi connectivity index (χ3v) is 1.66. The quantitative estimate of drug-likeness (QED) is 0.799. The van der Waals surface area contributed by atoms with Crippen molar-refractivity contribution in [3.63, 3.8) is 0 Å². The van der Waals surface area contributed by atoms with E-state index in [0.29, 0.717) is 12.8 Å². The Kier molecular flexibility index (Phi) is 2.90. The SMILES string of the molecule is CCCCc1n[nH]nc1C(F)(F)F. The van der Waals surface area contributed by atoms with E-state index in [-0.39, 0.29) is 5.69 Å². The molecule has 1 rings (SSSR count). The van der Waals surface area contributed by atoms with Gasteiger partial charge < -0.3 is 0 Å². The Morgan fingerprint density at radius 2 is 2.00 bits per heavy atom. The summed E-state index contributed by atoms with van der Waals surface area (Å²) in [5, 5.41) is 8.54. The van der Waals surface area contributed by atoms with Crippen molar-refractivity contribution in [1.82, 2.24) is 15.4 Å². The van der Waals surface area contributed by atoms with E-state index in [9.17, 15) is 13.2 Å². The zero-order valence-corrected chi connectivity index (χ0v) is 7.15. The Morgan fingerprint density at radius 1 is 1.31 bits per heavy atom. The molecular formula is C7H10F3N3. The van der Waals surface area contributed by atoms with E-state index in [1.807, 2.05) is 12.1 Å². The molecule has 3 nitrogen and oxygen atoms in total. The molecule has 74 valence electrons. The van der Waals surface area contributed by atoms with E-state index in [1.54, 1.807) is 0 Å². The topological polar surface area (TPSA) is 41.6 Å². The van der Waals surface area contributed by atoms with Gasteiger partial charge in [-0.3, -0.25) is 0 Å². The Balaban J connectivity index is 2.77. The molecule has 0 aliphatic heterocycles. The molecule has 1 aromatic rings. The van der Waals surface area contributed by atoms with E-state index in [2.05, 4.69) is 10.2 Å². The molecule has 1 heterocycles. The number of nitrogens with zero attached hydrogens (tertiary/aromatic N) is 2. The molecule has 13 heavy (non-hydrogen) atoms. The summed E-state index contributed by atoms with van der Waals surface area (Å²) in [5.74, 6) is 0. The predicted octanol–water partition coefficient (Wildman–Crippen LogP) is 2.17. The number of halogens is 3. The summed E-state index contributed by atoms with van der Waals surface area (Å²) in [6.45, 7) is 1.91. The van der Waals surface area contributed by atoms with Gasteiger partial charge in [-0.25, -0.2) is 0 Å². The van der Waals surface area contributed by atoms with Crippen LogP contribution < -0.4 is 0 Å². The van der Waals surface area contributed by atoms with Crippen LogP contribution in [0.3, 0.4) is 0 Å². The van der Waals surface area contributed by atoms with Gasteiger partial charge in [0.2, 0.25) is 0 Å². The second-order valence-corrected chi connectivity index (χ2v) is 2.72. The lowest BCUT2D eigenvalue weighted by molar-refractivity contribution is -0.141. The van der Waals surface area contributed by atoms with Crippen molar-refractivity contribution < 1.29 is 13.2 Å². The minimum atomic E-state index is -4.39. The summed E-state index contributed by atoms with van der Waals surface area (Å²) in [6.07, 6.45) is -2.54. The van der Waals surface area contributed by atoms with Gasteiger partial charge in [0.15, 0.2) is 5.69 Å². The van der Waals surface area contributed by atoms with E-state index in [1.165, 1.54) is 0 Å². The van der Waals surface area contributed by atoms with E-state index in [0.717, 1.165) is 6.42 Å². The second-order valence-electron chi connectivity index (χ2n) is 2.72. The number of unbranched alkanes of at least 4 members (excludes halogenated alkanes) is 1. The smallest absolute Gasteiger partial charge is 0.197 e. The monoisotopic (exact) mass is 193 g/mol. The van der Waals surface area contributed by atoms with Crippen molar-refractivity contribution in [3.05, 3.63) is 11.4 Å². The fourth-order valence-electron chi connectivity index (χ4n) is 0.998. The zero-order valence-electron chi connectivity index (χ0n) is 7.15. The highest BCUT2D eigenvalue weighted by molar-refractivity contribution is 5.11. The first-order chi connectivity index (χ1) is 6.05. The fraction of sp³-hybridized carbons (Fsp3) is 0.714. The number of hydrogen-bond acceptors (Lipinski definition) is 2. The van der Waals surface area contributed by atoms with Crippen LogP contribution in [0.15, 0.2) is 0 Å². The molecule has 0 amide bonds. The van der Waals surface area contributed by atoms with Gasteiger partial charge in [-0.2, -0.15) is 28.6 Å². The number of rotatable bonds is 3. The summed E-state index contributed by atoms with van der Waals surface area (Å²) in [4.78, 5) is 0. The van der Waals surface area contributed by atoms with Crippen LogP contribution in [-0.4, -0.2) is 15.4 Å². The highest BCUT2D eigenvalue weighted by Crippen LogP contribution is 2.29. The first-order valence-corrected chi connectivity index (χ1v) is 4.02. The van der Waals surface area contributed by atoms with Crippen molar-refractivity contribution >= 4 is 0 Å². The lowest BCUT2D eigenvalue weighted by Gasteiger charge is -2.03. The number of nitrogens with one attached hydrogen (secondary N) is 1. The van der Waals surface area contributed by atoms with E-state index in [4.69, 9.17) is 0 Å². The maximum absolute atomic E-state index is 12.2. The average Bonchev–Trinajstić information content (AvgIpc) is 2.47. The molecule has 0 spiro atoms. The lowest BCUT2D eigenvalue weighted by Crippen LogP contribution is -2.09. The maximum Gasteiger partial charge on any atom is 0.437 e. The molecule has 0 saturated carbocycles. The van der Waals surface area contributed by atoms with E-state index >= 15 is 0 Å². The summed E-state index contributed by atoms with van der Waals surface area (Å²) >= 11 is 0. The number of hydrogen-bond donors (Lipinski definition) is 1. The minimum absolute atomic E-state index is 0.00866. The summed E-state index contributed by atoms with van der Waals surface area (Å²) < 4.78 is 36.6. The molecule has 0 aromatic carbocycles. The van der Waals surface area contributed by atoms with Crippen LogP contribution in [0.25, 0.3) is 0 Å². The molecule has 0 aliphatic rings. The van der Waals surface area contributed by atoms with Crippen LogP contribution in [-0.2, 0) is 12.6 Å². The van der Waals surface area contributed by atoms with Gasteiger partial charge >= 0.3 is 6.18 Å². The van der Waals surface area contributed by atoms with Gasteiger partial charge in [-0.05, 0) is 12.8 Å². The number of H-pyrrole nitrogens is 1. The van der Waals surface area contributed by atoms with Crippen LogP contribution in [0.1, 0.15) is 31.2 Å². The molecule has 0 saturated heterocycles. The number of aromatic nitrogens is 3. The number of alkyl halides is 3. The number of aryl methyl sites for hydroxylation is 1. The van der Waals surface area contributed by atoms with Crippen LogP contribution in [0.5, 0.6) is 0 Å². The van der Waals surface area contributed by atoms with Crippen molar-refractivity contribution in [2.75, 3.05) is 0 Å². The molecule has 1 N–H and O–H groups in total. The molecule has 0 atom stereocenters. The lowest BCUT2D eigenvalue weighted by atomic mass is 10.2. The third kappa shape index (κ3) is 2.43. The van der Waals surface area contributed by atoms with Crippen LogP contribution in [0.4, 0.5) is 13.2 Å². The van der Waals surface area contributed by atoms with Crippen molar-refractivity contribution in [2.45, 2.75) is 32.4 Å². The molecule has 0 fully saturated rings. The highest BCUT2D eigenvalue weighted by atomic mass is 19.4. The molecule has 1 aromatic heterocycles. The standard InChI is InChI=1S/C7H10F3N3/c1-2-3-4-5-6(7(8,9)10)12-13-11-5/h2-4H2,1H3,(H,11,12,13). The van der Waals surface area contributed by atoms with Gasteiger partial charge in [0.1, 0.15) is 0 Å². The van der Waals surface area contributed by atoms with Crippen LogP contribution in [0.2, 0.25) is 0 Å². The van der Waals surface area contributed by atoms with Gasteiger partial charge in [-0.15, -0.1) is 0 Å². The normalized spacial score (nSPS) is 12.0. The average molecular weight is 193 g/mol. The molecule has 6 heteroatoms. The third-order valence-electron chi connectivity index (χ3n) is 1.66. The first-order valence-electron chi connectivity index (χ1n) is 4.02. The van der Waals surface area contributed by atoms with Gasteiger partial charge in [0, 0.05) is 0 Å². The van der Waals surface area contributed by atoms with E-state index < -0.39 is 11.9 Å². The molecule has 0 unspecified atom stereocenters. The van der Waals surface area contributed by atoms with Crippen molar-refractivity contribution in [1.29, 1.82) is 0 Å². The Morgan fingerprint density at radius 3 is 2.54 bits per heavy atom. The summed E-state index contributed by atoms with van der Waals surface area (Å²) in [6, 6.07) is 0. The Bertz CT molecular complexity index is 266. The van der Waals surface area contributed by atoms with Gasteiger partial charge in [-0.1, -0.05) is 13.3 Å². The molecule has 0 bridgehead atoms. The number of aromatic amines is 1. The first kappa shape index (κ1) is 10.0. The van der Waals surface area contributed by atoms with Crippen molar-refractivity contribution in [2.24, 2.45) is 0 Å². The molecule has 0 aliphatic carbocycles. The second kappa shape index (κ2) is 3.76. The summed E-state index contributed by atoms with van der Waals surface area (Å²) in [5.41, 5.74) is -0.879. The zero-order chi connectivity index (χ0) is 9.90. The summed E-state index contributed by atoms with van der Waals surface area (Å²) in [7, 11) is 0. The molecular weight excluding hydrogens is 183 g/mol. The van der Waals surface area contributed by atoms with Gasteiger partial charge in [0.05, 0.1) is 5.69 Å². The Hall–Kier alpha value is -1.07. The minimum Gasteiger partial charge on any atom is -0.197 e. The predicted molar refractivity (Wildman–Crippen MR) is 40.0 cm³/mol. The highest BCUT2D eigenvalue weighted by Gasteiger charge is 2.36. The molecule has 0 radical (unpaired) electrons. The Labute approximate surface area is 73.3 Å². The maximum atomic E-state index is 12.2. The van der Waals surface area contributed by atoms with Crippen LogP contribution in [0, 0.1) is 0 Å². The van der Waals surface area contributed by atoms with Gasteiger partial charge in [0.25, 0.3) is 0 Å². The fourth-order valence-corrected chi connectivity index (χ4v) is 0.998. The van der Waals surface area contributed by atoms with Crippen LogP contribution >= 0.6 is 0 Å². The largest absolute Gasteiger partial charge is 0.437 e. The van der Waals surface area contributed by atoms with Crippen molar-refractivity contribution in [3.8, 4) is 0 Å².